The maximum absolute atomic E-state index is 6.34. The molecule has 1 aromatic heterocycles. The summed E-state index contributed by atoms with van der Waals surface area (Å²) in [5, 5.41) is 3.98. The van der Waals surface area contributed by atoms with Crippen molar-refractivity contribution in [2.24, 2.45) is 0 Å². The number of imidazole rings is 1. The summed E-state index contributed by atoms with van der Waals surface area (Å²) < 4.78 is 2.91. The summed E-state index contributed by atoms with van der Waals surface area (Å²) in [7, 11) is 0. The summed E-state index contributed by atoms with van der Waals surface area (Å²) in [6.45, 7) is 1.96. The lowest BCUT2D eigenvalue weighted by molar-refractivity contribution is 1.06. The molecule has 5 heteroatoms. The molecule has 0 unspecified atom stereocenters. The van der Waals surface area contributed by atoms with Crippen LogP contribution in [-0.4, -0.2) is 9.55 Å². The summed E-state index contributed by atoms with van der Waals surface area (Å²) >= 11 is 9.76. The van der Waals surface area contributed by atoms with Crippen molar-refractivity contribution in [3.05, 3.63) is 69.9 Å². The highest BCUT2D eigenvalue weighted by molar-refractivity contribution is 9.10. The topological polar surface area (TPSA) is 29.9 Å². The summed E-state index contributed by atoms with van der Waals surface area (Å²) in [6.07, 6.45) is 1.96. The predicted molar refractivity (Wildman–Crippen MR) is 90.7 cm³/mol. The minimum atomic E-state index is 0.665. The molecule has 1 N–H and O–H groups in total. The van der Waals surface area contributed by atoms with Gasteiger partial charge in [-0.2, -0.15) is 0 Å². The molecular weight excluding hydrogens is 350 g/mol. The molecule has 0 aliphatic heterocycles. The number of benzene rings is 2. The first kappa shape index (κ1) is 14.2. The van der Waals surface area contributed by atoms with Gasteiger partial charge in [-0.1, -0.05) is 45.7 Å². The van der Waals surface area contributed by atoms with Gasteiger partial charge in [-0.05, 0) is 37.3 Å². The van der Waals surface area contributed by atoms with Gasteiger partial charge in [-0.25, -0.2) is 4.98 Å². The van der Waals surface area contributed by atoms with Crippen LogP contribution in [0, 0.1) is 6.92 Å². The van der Waals surface area contributed by atoms with Crippen LogP contribution in [-0.2, 0) is 0 Å². The Hall–Kier alpha value is -1.78. The molecule has 0 fully saturated rings. The van der Waals surface area contributed by atoms with Crippen molar-refractivity contribution in [2.45, 2.75) is 6.92 Å². The minimum absolute atomic E-state index is 0.665. The van der Waals surface area contributed by atoms with E-state index in [9.17, 15) is 0 Å². The first-order valence-electron chi connectivity index (χ1n) is 6.47. The average molecular weight is 363 g/mol. The maximum Gasteiger partial charge on any atom is 0.212 e. The van der Waals surface area contributed by atoms with Crippen molar-refractivity contribution >= 4 is 39.2 Å². The van der Waals surface area contributed by atoms with Gasteiger partial charge in [0, 0.05) is 16.4 Å². The fraction of sp³-hybridized carbons (Fsp3) is 0.0625. The SMILES string of the molecule is Cc1cn(-c2ccc(Br)cc2Cl)c(Nc2ccccc2)n1. The molecule has 0 aliphatic rings. The highest BCUT2D eigenvalue weighted by Crippen LogP contribution is 2.28. The van der Waals surface area contributed by atoms with Crippen molar-refractivity contribution in [3.8, 4) is 5.69 Å². The minimum Gasteiger partial charge on any atom is -0.325 e. The number of nitrogens with zero attached hydrogens (tertiary/aromatic N) is 2. The van der Waals surface area contributed by atoms with Gasteiger partial charge >= 0.3 is 0 Å². The second-order valence-electron chi connectivity index (χ2n) is 4.66. The number of aromatic nitrogens is 2. The molecule has 0 saturated heterocycles. The molecule has 0 atom stereocenters. The van der Waals surface area contributed by atoms with Crippen LogP contribution in [0.5, 0.6) is 0 Å². The third-order valence-electron chi connectivity index (χ3n) is 3.03. The lowest BCUT2D eigenvalue weighted by atomic mass is 10.3. The number of rotatable bonds is 3. The van der Waals surface area contributed by atoms with Crippen LogP contribution in [0.4, 0.5) is 11.6 Å². The number of nitrogens with one attached hydrogen (secondary N) is 1. The fourth-order valence-electron chi connectivity index (χ4n) is 2.10. The summed E-state index contributed by atoms with van der Waals surface area (Å²) in [6, 6.07) is 15.7. The maximum atomic E-state index is 6.34. The molecule has 0 radical (unpaired) electrons. The molecule has 0 bridgehead atoms. The van der Waals surface area contributed by atoms with Gasteiger partial charge in [-0.15, -0.1) is 0 Å². The van der Waals surface area contributed by atoms with E-state index in [0.29, 0.717) is 5.02 Å². The molecule has 3 aromatic rings. The third kappa shape index (κ3) is 3.12. The first-order chi connectivity index (χ1) is 10.1. The quantitative estimate of drug-likeness (QED) is 0.681. The summed E-state index contributed by atoms with van der Waals surface area (Å²) in [4.78, 5) is 4.53. The van der Waals surface area contributed by atoms with Crippen molar-refractivity contribution in [1.29, 1.82) is 0 Å². The van der Waals surface area contributed by atoms with Gasteiger partial charge in [0.1, 0.15) is 0 Å². The van der Waals surface area contributed by atoms with E-state index in [4.69, 9.17) is 11.6 Å². The Morgan fingerprint density at radius 1 is 1.14 bits per heavy atom. The van der Waals surface area contributed by atoms with Crippen molar-refractivity contribution in [2.75, 3.05) is 5.32 Å². The number of hydrogen-bond donors (Lipinski definition) is 1. The van der Waals surface area contributed by atoms with Gasteiger partial charge in [-0.3, -0.25) is 4.57 Å². The van der Waals surface area contributed by atoms with Crippen LogP contribution in [0.15, 0.2) is 59.2 Å². The molecule has 3 rings (SSSR count). The number of hydrogen-bond acceptors (Lipinski definition) is 2. The molecular formula is C16H13BrClN3. The number of anilines is 2. The van der Waals surface area contributed by atoms with Crippen molar-refractivity contribution in [1.82, 2.24) is 9.55 Å². The zero-order chi connectivity index (χ0) is 14.8. The van der Waals surface area contributed by atoms with E-state index in [0.717, 1.165) is 27.5 Å². The van der Waals surface area contributed by atoms with Crippen molar-refractivity contribution < 1.29 is 0 Å². The third-order valence-corrected chi connectivity index (χ3v) is 3.82. The van der Waals surface area contributed by atoms with E-state index >= 15 is 0 Å². The molecule has 3 nitrogen and oxygen atoms in total. The first-order valence-corrected chi connectivity index (χ1v) is 7.64. The Morgan fingerprint density at radius 3 is 2.62 bits per heavy atom. The highest BCUT2D eigenvalue weighted by Gasteiger charge is 2.11. The van der Waals surface area contributed by atoms with Gasteiger partial charge < -0.3 is 5.32 Å². The summed E-state index contributed by atoms with van der Waals surface area (Å²) in [5.41, 5.74) is 2.80. The second kappa shape index (κ2) is 5.92. The Labute approximate surface area is 136 Å². The van der Waals surface area contributed by atoms with Crippen molar-refractivity contribution in [3.63, 3.8) is 0 Å². The number of halogens is 2. The Morgan fingerprint density at radius 2 is 1.90 bits per heavy atom. The second-order valence-corrected chi connectivity index (χ2v) is 5.99. The molecule has 0 aliphatic carbocycles. The molecule has 0 amide bonds. The van der Waals surface area contributed by atoms with E-state index in [1.165, 1.54) is 0 Å². The molecule has 106 valence electrons. The smallest absolute Gasteiger partial charge is 0.212 e. The van der Waals surface area contributed by atoms with Crippen LogP contribution in [0.3, 0.4) is 0 Å². The predicted octanol–water partition coefficient (Wildman–Crippen LogP) is 5.34. The van der Waals surface area contributed by atoms with E-state index < -0.39 is 0 Å². The van der Waals surface area contributed by atoms with E-state index in [1.54, 1.807) is 0 Å². The van der Waals surface area contributed by atoms with Gasteiger partial charge in [0.2, 0.25) is 5.95 Å². The fourth-order valence-corrected chi connectivity index (χ4v) is 2.86. The molecule has 0 spiro atoms. The van der Waals surface area contributed by atoms with E-state index in [2.05, 4.69) is 26.2 Å². The standard InChI is InChI=1S/C16H13BrClN3/c1-11-10-21(15-8-7-12(17)9-14(15)18)16(19-11)20-13-5-3-2-4-6-13/h2-10H,1H3,(H,19,20). The van der Waals surface area contributed by atoms with E-state index in [1.807, 2.05) is 66.2 Å². The highest BCUT2D eigenvalue weighted by atomic mass is 79.9. The van der Waals surface area contributed by atoms with Crippen LogP contribution in [0.2, 0.25) is 5.02 Å². The molecule has 21 heavy (non-hydrogen) atoms. The van der Waals surface area contributed by atoms with Gasteiger partial charge in [0.05, 0.1) is 16.4 Å². The normalized spacial score (nSPS) is 10.6. The number of para-hydroxylation sites is 1. The molecule has 0 saturated carbocycles. The number of aryl methyl sites for hydroxylation is 1. The lowest BCUT2D eigenvalue weighted by Gasteiger charge is -2.11. The van der Waals surface area contributed by atoms with Crippen LogP contribution >= 0.6 is 27.5 Å². The van der Waals surface area contributed by atoms with Gasteiger partial charge in [0.25, 0.3) is 0 Å². The van der Waals surface area contributed by atoms with Crippen LogP contribution < -0.4 is 5.32 Å². The Kier molecular flexibility index (Phi) is 3.99. The Bertz CT molecular complexity index is 768. The zero-order valence-corrected chi connectivity index (χ0v) is 13.7. The Balaban J connectivity index is 2.03. The monoisotopic (exact) mass is 361 g/mol. The summed E-state index contributed by atoms with van der Waals surface area (Å²) in [5.74, 6) is 0.739. The zero-order valence-electron chi connectivity index (χ0n) is 11.3. The van der Waals surface area contributed by atoms with Crippen LogP contribution in [0.1, 0.15) is 5.69 Å². The average Bonchev–Trinajstić information content (AvgIpc) is 2.80. The van der Waals surface area contributed by atoms with E-state index in [-0.39, 0.29) is 0 Å². The lowest BCUT2D eigenvalue weighted by Crippen LogP contribution is -2.01. The largest absolute Gasteiger partial charge is 0.325 e. The van der Waals surface area contributed by atoms with Gasteiger partial charge in [0.15, 0.2) is 0 Å². The molecule has 1 heterocycles. The van der Waals surface area contributed by atoms with Crippen LogP contribution in [0.25, 0.3) is 5.69 Å². The molecule has 2 aromatic carbocycles.